The number of benzene rings is 4. The van der Waals surface area contributed by atoms with Crippen molar-refractivity contribution in [3.63, 3.8) is 0 Å². The molecule has 0 N–H and O–H groups in total. The topological polar surface area (TPSA) is 47.9 Å². The number of esters is 1. The summed E-state index contributed by atoms with van der Waals surface area (Å²) in [5.74, 6) is 0.432. The molecule has 0 aromatic heterocycles. The van der Waals surface area contributed by atoms with Crippen LogP contribution in [-0.2, 0) is 16.1 Å². The molecule has 4 aromatic rings. The third-order valence-corrected chi connectivity index (χ3v) is 5.56. The van der Waals surface area contributed by atoms with Crippen molar-refractivity contribution < 1.29 is 14.3 Å². The summed E-state index contributed by atoms with van der Waals surface area (Å²) in [7, 11) is 0. The van der Waals surface area contributed by atoms with Crippen LogP contribution >= 0.6 is 11.6 Å². The van der Waals surface area contributed by atoms with Crippen LogP contribution in [0.5, 0.6) is 5.75 Å². The summed E-state index contributed by atoms with van der Waals surface area (Å²) in [6.45, 7) is 0.303. The Balaban J connectivity index is 1.56. The highest BCUT2D eigenvalue weighted by molar-refractivity contribution is 6.31. The lowest BCUT2D eigenvalue weighted by Gasteiger charge is -2.13. The number of hydrogen-bond acceptors (Lipinski definition) is 4. The quantitative estimate of drug-likeness (QED) is 0.266. The largest absolute Gasteiger partial charge is 0.488 e. The van der Waals surface area contributed by atoms with Crippen LogP contribution in [0.2, 0.25) is 5.02 Å². The monoisotopic (exact) mass is 439 g/mol. The number of hydrogen-bond donors (Lipinski definition) is 0. The van der Waals surface area contributed by atoms with Crippen LogP contribution in [0.15, 0.2) is 102 Å². The van der Waals surface area contributed by atoms with E-state index < -0.39 is 5.97 Å². The molecule has 0 aliphatic carbocycles. The van der Waals surface area contributed by atoms with Gasteiger partial charge in [0.25, 0.3) is 0 Å². The standard InChI is InChI=1S/C27H18ClNO3/c28-23-13-7-5-11-20(23)17-31-25-15-14-18-8-4-6-12-21(18)22(25)16-24-27(30)32-26(29-24)19-9-2-1-3-10-19/h1-16H,17H2/b24-16-. The number of fused-ring (bicyclic) bond motifs is 1. The molecule has 0 spiro atoms. The van der Waals surface area contributed by atoms with E-state index in [9.17, 15) is 4.79 Å². The van der Waals surface area contributed by atoms with Gasteiger partial charge in [0.2, 0.25) is 5.90 Å². The summed E-state index contributed by atoms with van der Waals surface area (Å²) in [5.41, 5.74) is 2.62. The Morgan fingerprint density at radius 2 is 1.62 bits per heavy atom. The fourth-order valence-corrected chi connectivity index (χ4v) is 3.76. The van der Waals surface area contributed by atoms with Crippen LogP contribution in [0.1, 0.15) is 16.7 Å². The molecule has 5 rings (SSSR count). The van der Waals surface area contributed by atoms with Gasteiger partial charge in [0.15, 0.2) is 5.70 Å². The SMILES string of the molecule is O=C1OC(c2ccccc2)=N/C1=C\c1c(OCc2ccccc2Cl)ccc2ccccc12. The van der Waals surface area contributed by atoms with E-state index in [-0.39, 0.29) is 5.70 Å². The molecule has 5 heteroatoms. The first kappa shape index (κ1) is 20.0. The molecule has 1 aliphatic rings. The van der Waals surface area contributed by atoms with E-state index in [4.69, 9.17) is 21.1 Å². The molecule has 0 radical (unpaired) electrons. The van der Waals surface area contributed by atoms with Crippen LogP contribution < -0.4 is 4.74 Å². The van der Waals surface area contributed by atoms with E-state index in [1.807, 2.05) is 91.0 Å². The molecule has 32 heavy (non-hydrogen) atoms. The van der Waals surface area contributed by atoms with Gasteiger partial charge in [-0.25, -0.2) is 9.79 Å². The first-order valence-corrected chi connectivity index (χ1v) is 10.5. The summed E-state index contributed by atoms with van der Waals surface area (Å²) < 4.78 is 11.6. The van der Waals surface area contributed by atoms with E-state index in [0.717, 1.165) is 27.5 Å². The zero-order valence-electron chi connectivity index (χ0n) is 17.0. The lowest BCUT2D eigenvalue weighted by Crippen LogP contribution is -2.05. The highest BCUT2D eigenvalue weighted by Gasteiger charge is 2.25. The van der Waals surface area contributed by atoms with Crippen molar-refractivity contribution in [1.82, 2.24) is 0 Å². The maximum Gasteiger partial charge on any atom is 0.363 e. The smallest absolute Gasteiger partial charge is 0.363 e. The summed E-state index contributed by atoms with van der Waals surface area (Å²) >= 11 is 6.29. The first-order valence-electron chi connectivity index (χ1n) is 10.1. The Kier molecular flexibility index (Phi) is 5.44. The third kappa shape index (κ3) is 4.01. The number of ether oxygens (including phenoxy) is 2. The Morgan fingerprint density at radius 3 is 2.47 bits per heavy atom. The van der Waals surface area contributed by atoms with Crippen LogP contribution in [0.4, 0.5) is 0 Å². The molecule has 0 atom stereocenters. The van der Waals surface area contributed by atoms with Crippen LogP contribution in [-0.4, -0.2) is 11.9 Å². The number of halogens is 1. The highest BCUT2D eigenvalue weighted by Crippen LogP contribution is 2.32. The van der Waals surface area contributed by atoms with Crippen molar-refractivity contribution >= 4 is 40.3 Å². The van der Waals surface area contributed by atoms with Gasteiger partial charge in [-0.05, 0) is 41.1 Å². The Labute approximate surface area is 190 Å². The number of rotatable bonds is 5. The number of cyclic esters (lactones) is 1. The van der Waals surface area contributed by atoms with Crippen LogP contribution in [0.3, 0.4) is 0 Å². The van der Waals surface area contributed by atoms with Gasteiger partial charge in [-0.1, -0.05) is 78.3 Å². The molecule has 4 aromatic carbocycles. The van der Waals surface area contributed by atoms with Gasteiger partial charge in [0.05, 0.1) is 0 Å². The van der Waals surface area contributed by atoms with Gasteiger partial charge in [-0.15, -0.1) is 0 Å². The van der Waals surface area contributed by atoms with E-state index in [1.165, 1.54) is 0 Å². The van der Waals surface area contributed by atoms with Crippen LogP contribution in [0, 0.1) is 0 Å². The van der Waals surface area contributed by atoms with Crippen molar-refractivity contribution in [2.24, 2.45) is 4.99 Å². The number of nitrogens with zero attached hydrogens (tertiary/aromatic N) is 1. The van der Waals surface area contributed by atoms with Crippen molar-refractivity contribution in [3.8, 4) is 5.75 Å². The summed E-state index contributed by atoms with van der Waals surface area (Å²) in [5, 5.41) is 2.63. The van der Waals surface area contributed by atoms with Gasteiger partial charge < -0.3 is 9.47 Å². The third-order valence-electron chi connectivity index (χ3n) is 5.19. The second-order valence-corrected chi connectivity index (χ2v) is 7.69. The Hall–Kier alpha value is -3.89. The molecule has 156 valence electrons. The Bertz CT molecular complexity index is 1380. The second-order valence-electron chi connectivity index (χ2n) is 7.28. The summed E-state index contributed by atoms with van der Waals surface area (Å²) in [4.78, 5) is 17.0. The average Bonchev–Trinajstić information content (AvgIpc) is 3.20. The predicted octanol–water partition coefficient (Wildman–Crippen LogP) is 6.42. The molecule has 0 bridgehead atoms. The minimum absolute atomic E-state index is 0.225. The van der Waals surface area contributed by atoms with Crippen molar-refractivity contribution in [3.05, 3.63) is 118 Å². The minimum Gasteiger partial charge on any atom is -0.488 e. The fraction of sp³-hybridized carbons (Fsp3) is 0.0370. The van der Waals surface area contributed by atoms with Gasteiger partial charge >= 0.3 is 5.97 Å². The zero-order valence-corrected chi connectivity index (χ0v) is 17.8. The maximum absolute atomic E-state index is 12.6. The first-order chi connectivity index (χ1) is 15.7. The van der Waals surface area contributed by atoms with Gasteiger partial charge in [-0.3, -0.25) is 0 Å². The molecule has 0 saturated carbocycles. The zero-order chi connectivity index (χ0) is 21.9. The summed E-state index contributed by atoms with van der Waals surface area (Å²) in [6.07, 6.45) is 1.72. The van der Waals surface area contributed by atoms with Crippen molar-refractivity contribution in [2.75, 3.05) is 0 Å². The average molecular weight is 440 g/mol. The second kappa shape index (κ2) is 8.69. The highest BCUT2D eigenvalue weighted by atomic mass is 35.5. The molecule has 1 heterocycles. The predicted molar refractivity (Wildman–Crippen MR) is 127 cm³/mol. The number of carbonyl (C=O) groups excluding carboxylic acids is 1. The molecular formula is C27H18ClNO3. The van der Waals surface area contributed by atoms with Crippen molar-refractivity contribution in [1.29, 1.82) is 0 Å². The van der Waals surface area contributed by atoms with E-state index in [2.05, 4.69) is 4.99 Å². The van der Waals surface area contributed by atoms with Gasteiger partial charge in [-0.2, -0.15) is 0 Å². The minimum atomic E-state index is -0.492. The fourth-order valence-electron chi connectivity index (χ4n) is 3.57. The van der Waals surface area contributed by atoms with E-state index in [1.54, 1.807) is 6.08 Å². The molecule has 1 aliphatic heterocycles. The molecule has 0 unspecified atom stereocenters. The number of carbonyl (C=O) groups is 1. The van der Waals surface area contributed by atoms with E-state index >= 15 is 0 Å². The van der Waals surface area contributed by atoms with Crippen LogP contribution in [0.25, 0.3) is 16.8 Å². The normalized spacial score (nSPS) is 14.5. The van der Waals surface area contributed by atoms with Crippen molar-refractivity contribution in [2.45, 2.75) is 6.61 Å². The molecule has 0 saturated heterocycles. The van der Waals surface area contributed by atoms with Gasteiger partial charge in [0, 0.05) is 21.7 Å². The lowest BCUT2D eigenvalue weighted by atomic mass is 10.0. The molecule has 4 nitrogen and oxygen atoms in total. The molecular weight excluding hydrogens is 422 g/mol. The van der Waals surface area contributed by atoms with E-state index in [0.29, 0.717) is 23.3 Å². The Morgan fingerprint density at radius 1 is 0.875 bits per heavy atom. The van der Waals surface area contributed by atoms with Gasteiger partial charge in [0.1, 0.15) is 12.4 Å². The summed E-state index contributed by atoms with van der Waals surface area (Å²) in [6, 6.07) is 28.7. The number of aliphatic imine (C=N–C) groups is 1. The molecule has 0 fully saturated rings. The molecule has 0 amide bonds. The lowest BCUT2D eigenvalue weighted by molar-refractivity contribution is -0.129. The maximum atomic E-state index is 12.6.